The lowest BCUT2D eigenvalue weighted by molar-refractivity contribution is 0.207. The van der Waals surface area contributed by atoms with Crippen molar-refractivity contribution in [2.24, 2.45) is 0 Å². The van der Waals surface area contributed by atoms with Crippen LogP contribution in [0.1, 0.15) is 49.5 Å². The molecule has 31 heavy (non-hydrogen) atoms. The highest BCUT2D eigenvalue weighted by molar-refractivity contribution is 5.72. The average molecular weight is 423 g/mol. The molecule has 2 N–H and O–H groups in total. The number of aryl methyl sites for hydroxylation is 1. The molecule has 3 aromatic rings. The van der Waals surface area contributed by atoms with E-state index < -0.39 is 6.85 Å². The Labute approximate surface area is 186 Å². The number of oxazole rings is 1. The number of rotatable bonds is 4. The summed E-state index contributed by atoms with van der Waals surface area (Å²) < 4.78 is 27.5. The smallest absolute Gasteiger partial charge is 0.191 e. The lowest BCUT2D eigenvalue weighted by Gasteiger charge is -2.45. The molecule has 5 rings (SSSR count). The van der Waals surface area contributed by atoms with Gasteiger partial charge in [0.05, 0.1) is 11.9 Å². The summed E-state index contributed by atoms with van der Waals surface area (Å²) in [7, 11) is 2.07. The Morgan fingerprint density at radius 2 is 1.94 bits per heavy atom. The molecule has 7 nitrogen and oxygen atoms in total. The number of hydrogen-bond donors (Lipinski definition) is 2. The molecule has 0 radical (unpaired) electrons. The maximum Gasteiger partial charge on any atom is 0.191 e. The summed E-state index contributed by atoms with van der Waals surface area (Å²) in [5.41, 5.74) is 1.93. The van der Waals surface area contributed by atoms with Crippen LogP contribution >= 0.6 is 0 Å². The molecule has 162 valence electrons. The molecular formula is C24H29N5O2. The molecule has 2 bridgehead atoms. The van der Waals surface area contributed by atoms with Crippen LogP contribution < -0.4 is 10.2 Å². The SMILES string of the molecule is [2H]C([2H])([2H])c1ncc(-c2ccc(-c3ccc(N(C)C4C[C@]5(C)CC[C@](C)(C4)N5)nn3)c(O)c2)o1. The van der Waals surface area contributed by atoms with Gasteiger partial charge in [-0.05, 0) is 63.8 Å². The van der Waals surface area contributed by atoms with E-state index in [1.807, 2.05) is 12.1 Å². The fraction of sp³-hybridized carbons (Fsp3) is 0.458. The minimum atomic E-state index is -2.42. The molecule has 2 saturated heterocycles. The summed E-state index contributed by atoms with van der Waals surface area (Å²) in [6, 6.07) is 9.12. The van der Waals surface area contributed by atoms with Crippen LogP contribution in [0.15, 0.2) is 40.9 Å². The molecule has 0 amide bonds. The van der Waals surface area contributed by atoms with E-state index in [2.05, 4.69) is 46.3 Å². The zero-order valence-electron chi connectivity index (χ0n) is 21.0. The minimum absolute atomic E-state index is 0.00415. The first-order valence-electron chi connectivity index (χ1n) is 12.1. The van der Waals surface area contributed by atoms with Gasteiger partial charge in [0.2, 0.25) is 0 Å². The number of benzene rings is 1. The van der Waals surface area contributed by atoms with Crippen LogP contribution in [0.4, 0.5) is 5.82 Å². The number of hydrogen-bond acceptors (Lipinski definition) is 7. The van der Waals surface area contributed by atoms with Crippen LogP contribution in [0.3, 0.4) is 0 Å². The topological polar surface area (TPSA) is 87.3 Å². The van der Waals surface area contributed by atoms with Gasteiger partial charge < -0.3 is 19.7 Å². The molecule has 1 unspecified atom stereocenters. The van der Waals surface area contributed by atoms with E-state index >= 15 is 0 Å². The van der Waals surface area contributed by atoms with Crippen molar-refractivity contribution in [2.45, 2.75) is 63.5 Å². The summed E-state index contributed by atoms with van der Waals surface area (Å²) >= 11 is 0. The zero-order valence-corrected chi connectivity index (χ0v) is 18.0. The summed E-state index contributed by atoms with van der Waals surface area (Å²) in [4.78, 5) is 6.04. The third-order valence-corrected chi connectivity index (χ3v) is 6.83. The van der Waals surface area contributed by atoms with E-state index in [4.69, 9.17) is 8.53 Å². The van der Waals surface area contributed by atoms with E-state index in [1.165, 1.54) is 25.1 Å². The average Bonchev–Trinajstić information content (AvgIpc) is 3.36. The van der Waals surface area contributed by atoms with E-state index in [0.717, 1.165) is 18.7 Å². The van der Waals surface area contributed by atoms with E-state index in [1.54, 1.807) is 12.1 Å². The second-order valence-corrected chi connectivity index (χ2v) is 9.46. The lowest BCUT2D eigenvalue weighted by Crippen LogP contribution is -2.58. The number of fused-ring (bicyclic) bond motifs is 2. The number of phenols is 1. The quantitative estimate of drug-likeness (QED) is 0.648. The van der Waals surface area contributed by atoms with Crippen molar-refractivity contribution in [1.29, 1.82) is 0 Å². The number of aromatic hydroxyl groups is 1. The van der Waals surface area contributed by atoms with Crippen molar-refractivity contribution in [1.82, 2.24) is 20.5 Å². The van der Waals surface area contributed by atoms with Crippen molar-refractivity contribution < 1.29 is 13.6 Å². The van der Waals surface area contributed by atoms with Gasteiger partial charge in [0, 0.05) is 46.3 Å². The molecule has 2 aliphatic rings. The third kappa shape index (κ3) is 3.67. The van der Waals surface area contributed by atoms with Crippen LogP contribution in [0.5, 0.6) is 5.75 Å². The molecule has 4 heterocycles. The molecular weight excluding hydrogens is 390 g/mol. The monoisotopic (exact) mass is 422 g/mol. The van der Waals surface area contributed by atoms with Gasteiger partial charge >= 0.3 is 0 Å². The van der Waals surface area contributed by atoms with E-state index in [0.29, 0.717) is 22.9 Å². The van der Waals surface area contributed by atoms with Gasteiger partial charge in [0.1, 0.15) is 5.75 Å². The van der Waals surface area contributed by atoms with Crippen LogP contribution in [0.2, 0.25) is 0 Å². The van der Waals surface area contributed by atoms with Gasteiger partial charge in [0.25, 0.3) is 0 Å². The zero-order chi connectivity index (χ0) is 24.3. The maximum atomic E-state index is 10.6. The number of aromatic nitrogens is 3. The third-order valence-electron chi connectivity index (χ3n) is 6.83. The molecule has 0 saturated carbocycles. The van der Waals surface area contributed by atoms with Gasteiger partial charge in [-0.25, -0.2) is 4.98 Å². The summed E-state index contributed by atoms with van der Waals surface area (Å²) in [5, 5.41) is 23.3. The highest BCUT2D eigenvalue weighted by Gasteiger charge is 2.49. The Bertz CT molecular complexity index is 1190. The molecule has 1 aromatic carbocycles. The summed E-state index contributed by atoms with van der Waals surface area (Å²) in [6.45, 7) is 2.19. The van der Waals surface area contributed by atoms with Gasteiger partial charge in [-0.2, -0.15) is 0 Å². The molecule has 2 aliphatic heterocycles. The second-order valence-electron chi connectivity index (χ2n) is 9.46. The van der Waals surface area contributed by atoms with Crippen LogP contribution in [0.25, 0.3) is 22.6 Å². The Hall–Kier alpha value is -2.93. The summed E-state index contributed by atoms with van der Waals surface area (Å²) in [6.07, 6.45) is 5.86. The fourth-order valence-electron chi connectivity index (χ4n) is 5.25. The molecule has 7 heteroatoms. The standard InChI is InChI=1S/C24H29N5O2/c1-15-25-14-21(31-15)16-5-6-18(20(30)11-16)19-7-8-22(27-26-19)29(4)17-12-23(2)9-10-24(3,13-17)28-23/h5-8,11,14,17,28,30H,9-10,12-13H2,1-4H3/t17?,23-,24+/i1D3. The van der Waals surface area contributed by atoms with Crippen molar-refractivity contribution >= 4 is 5.82 Å². The fourth-order valence-corrected chi connectivity index (χ4v) is 5.25. The van der Waals surface area contributed by atoms with Crippen LogP contribution in [-0.4, -0.2) is 44.5 Å². The van der Waals surface area contributed by atoms with Crippen LogP contribution in [0, 0.1) is 6.85 Å². The largest absolute Gasteiger partial charge is 0.507 e. The number of nitrogens with zero attached hydrogens (tertiary/aromatic N) is 4. The van der Waals surface area contributed by atoms with Gasteiger partial charge in [0.15, 0.2) is 17.5 Å². The first-order chi connectivity index (χ1) is 15.9. The Kier molecular flexibility index (Phi) is 3.81. The Morgan fingerprint density at radius 3 is 2.55 bits per heavy atom. The highest BCUT2D eigenvalue weighted by atomic mass is 16.4. The Morgan fingerprint density at radius 1 is 1.16 bits per heavy atom. The predicted molar refractivity (Wildman–Crippen MR) is 120 cm³/mol. The second kappa shape index (κ2) is 7.05. The van der Waals surface area contributed by atoms with Gasteiger partial charge in [-0.3, -0.25) is 0 Å². The molecule has 3 atom stereocenters. The predicted octanol–water partition coefficient (Wildman–Crippen LogP) is 4.31. The Balaban J connectivity index is 1.34. The minimum Gasteiger partial charge on any atom is -0.507 e. The van der Waals surface area contributed by atoms with Crippen molar-refractivity contribution in [3.8, 4) is 28.3 Å². The summed E-state index contributed by atoms with van der Waals surface area (Å²) in [5.74, 6) is 0.739. The van der Waals surface area contributed by atoms with Crippen LogP contribution in [-0.2, 0) is 0 Å². The lowest BCUT2D eigenvalue weighted by atomic mass is 9.84. The van der Waals surface area contributed by atoms with Crippen molar-refractivity contribution in [3.63, 3.8) is 0 Å². The number of anilines is 1. The number of nitrogens with one attached hydrogen (secondary N) is 1. The maximum absolute atomic E-state index is 10.6. The van der Waals surface area contributed by atoms with Crippen molar-refractivity contribution in [3.05, 3.63) is 42.4 Å². The van der Waals surface area contributed by atoms with E-state index in [9.17, 15) is 5.11 Å². The molecule has 2 aromatic heterocycles. The molecule has 0 aliphatic carbocycles. The first kappa shape index (κ1) is 16.7. The van der Waals surface area contributed by atoms with Gasteiger partial charge in [-0.1, -0.05) is 6.07 Å². The van der Waals surface area contributed by atoms with Crippen molar-refractivity contribution in [2.75, 3.05) is 11.9 Å². The number of piperidine rings is 1. The first-order valence-corrected chi connectivity index (χ1v) is 10.6. The normalized spacial score (nSPS) is 29.3. The van der Waals surface area contributed by atoms with E-state index in [-0.39, 0.29) is 28.5 Å². The molecule has 2 fully saturated rings. The molecule has 0 spiro atoms. The number of phenolic OH excluding ortho intramolecular Hbond substituents is 1. The van der Waals surface area contributed by atoms with Gasteiger partial charge in [-0.15, -0.1) is 10.2 Å². The highest BCUT2D eigenvalue weighted by Crippen LogP contribution is 2.43.